The van der Waals surface area contributed by atoms with Crippen LogP contribution in [0.5, 0.6) is 0 Å². The van der Waals surface area contributed by atoms with Crippen LogP contribution in [0.1, 0.15) is 31.7 Å². The number of nitrogens with zero attached hydrogens (tertiary/aromatic N) is 1. The van der Waals surface area contributed by atoms with Crippen molar-refractivity contribution in [3.8, 4) is 11.1 Å². The summed E-state index contributed by atoms with van der Waals surface area (Å²) in [6, 6.07) is 17.0. The van der Waals surface area contributed by atoms with E-state index in [-0.39, 0.29) is 18.9 Å². The molecular weight excluding hydrogens is 380 g/mol. The first-order valence-corrected chi connectivity index (χ1v) is 10.7. The number of amides is 1. The van der Waals surface area contributed by atoms with Gasteiger partial charge in [-0.05, 0) is 23.1 Å². The van der Waals surface area contributed by atoms with Gasteiger partial charge in [0.1, 0.15) is 0 Å². The summed E-state index contributed by atoms with van der Waals surface area (Å²) in [6.07, 6.45) is -0.198. The first kappa shape index (κ1) is 22.4. The predicted octanol–water partition coefficient (Wildman–Crippen LogP) is 1.93. The van der Waals surface area contributed by atoms with Crippen LogP contribution in [-0.4, -0.2) is 63.6 Å². The standard InChI is InChI=1S/C24H32N2O4/c1-2-3-13-25-22(28)14-20-23(29)24(30)21(16-27)26(20)15-17-9-11-19(12-10-17)18-7-5-4-6-8-18/h4-12,20-21,23-24,27,29-30H,2-3,13-16H2,1H3,(H,25,28)/t20-,21-,23+,24-/m1/s1. The molecule has 4 N–H and O–H groups in total. The Morgan fingerprint density at radius 2 is 1.60 bits per heavy atom. The van der Waals surface area contributed by atoms with E-state index in [1.54, 1.807) is 0 Å². The molecule has 0 bridgehead atoms. The van der Waals surface area contributed by atoms with E-state index in [4.69, 9.17) is 0 Å². The molecule has 0 aromatic heterocycles. The van der Waals surface area contributed by atoms with Crippen molar-refractivity contribution in [1.29, 1.82) is 0 Å². The molecule has 4 atom stereocenters. The van der Waals surface area contributed by atoms with Crippen LogP contribution >= 0.6 is 0 Å². The van der Waals surface area contributed by atoms with Crippen LogP contribution in [0.25, 0.3) is 11.1 Å². The number of hydrogen-bond acceptors (Lipinski definition) is 5. The zero-order valence-electron chi connectivity index (χ0n) is 17.4. The van der Waals surface area contributed by atoms with Crippen molar-refractivity contribution in [3.05, 3.63) is 60.2 Å². The molecule has 1 fully saturated rings. The highest BCUT2D eigenvalue weighted by Gasteiger charge is 2.47. The summed E-state index contributed by atoms with van der Waals surface area (Å²) in [5.41, 5.74) is 3.23. The molecule has 0 aliphatic carbocycles. The molecule has 1 heterocycles. The molecule has 6 heteroatoms. The van der Waals surface area contributed by atoms with E-state index in [1.807, 2.05) is 47.4 Å². The highest BCUT2D eigenvalue weighted by atomic mass is 16.3. The fraction of sp³-hybridized carbons (Fsp3) is 0.458. The van der Waals surface area contributed by atoms with Gasteiger partial charge >= 0.3 is 0 Å². The van der Waals surface area contributed by atoms with Crippen LogP contribution in [0.4, 0.5) is 0 Å². The molecule has 162 valence electrons. The summed E-state index contributed by atoms with van der Waals surface area (Å²) in [6.45, 7) is 2.81. The van der Waals surface area contributed by atoms with E-state index in [9.17, 15) is 20.1 Å². The normalized spacial score (nSPS) is 24.1. The van der Waals surface area contributed by atoms with Gasteiger partial charge in [-0.1, -0.05) is 67.9 Å². The van der Waals surface area contributed by atoms with Crippen LogP contribution < -0.4 is 5.32 Å². The van der Waals surface area contributed by atoms with Gasteiger partial charge in [0.2, 0.25) is 5.91 Å². The Morgan fingerprint density at radius 3 is 2.23 bits per heavy atom. The number of hydrogen-bond donors (Lipinski definition) is 4. The number of nitrogens with one attached hydrogen (secondary N) is 1. The Bertz CT molecular complexity index is 797. The topological polar surface area (TPSA) is 93.0 Å². The smallest absolute Gasteiger partial charge is 0.221 e. The van der Waals surface area contributed by atoms with Gasteiger partial charge in [0, 0.05) is 25.6 Å². The van der Waals surface area contributed by atoms with Crippen LogP contribution in [-0.2, 0) is 11.3 Å². The minimum atomic E-state index is -1.09. The molecule has 2 aromatic carbocycles. The summed E-state index contributed by atoms with van der Waals surface area (Å²) >= 11 is 0. The minimum absolute atomic E-state index is 0.0839. The van der Waals surface area contributed by atoms with Gasteiger partial charge in [0.05, 0.1) is 24.9 Å². The van der Waals surface area contributed by atoms with Gasteiger partial charge in [0.15, 0.2) is 0 Å². The van der Waals surface area contributed by atoms with E-state index in [0.717, 1.165) is 29.5 Å². The van der Waals surface area contributed by atoms with Gasteiger partial charge in [-0.2, -0.15) is 0 Å². The fourth-order valence-corrected chi connectivity index (χ4v) is 4.09. The van der Waals surface area contributed by atoms with E-state index >= 15 is 0 Å². The predicted molar refractivity (Wildman–Crippen MR) is 117 cm³/mol. The lowest BCUT2D eigenvalue weighted by Crippen LogP contribution is -2.43. The van der Waals surface area contributed by atoms with Gasteiger partial charge < -0.3 is 20.6 Å². The largest absolute Gasteiger partial charge is 0.395 e. The molecule has 0 saturated carbocycles. The molecule has 0 radical (unpaired) electrons. The van der Waals surface area contributed by atoms with E-state index in [1.165, 1.54) is 0 Å². The number of aliphatic hydroxyl groups is 3. The van der Waals surface area contributed by atoms with Crippen LogP contribution in [0.2, 0.25) is 0 Å². The summed E-state index contributed by atoms with van der Waals surface area (Å²) in [4.78, 5) is 14.2. The second-order valence-electron chi connectivity index (χ2n) is 7.94. The summed E-state index contributed by atoms with van der Waals surface area (Å²) in [7, 11) is 0. The maximum atomic E-state index is 12.3. The molecule has 1 aliphatic rings. The summed E-state index contributed by atoms with van der Waals surface area (Å²) in [5.74, 6) is -0.150. The van der Waals surface area contributed by atoms with Crippen molar-refractivity contribution >= 4 is 5.91 Å². The first-order chi connectivity index (χ1) is 14.5. The lowest BCUT2D eigenvalue weighted by Gasteiger charge is -2.29. The lowest BCUT2D eigenvalue weighted by molar-refractivity contribution is -0.123. The molecule has 1 aliphatic heterocycles. The first-order valence-electron chi connectivity index (χ1n) is 10.7. The quantitative estimate of drug-likeness (QED) is 0.472. The van der Waals surface area contributed by atoms with Crippen LogP contribution in [0, 0.1) is 0 Å². The average molecular weight is 413 g/mol. The maximum Gasteiger partial charge on any atom is 0.221 e. The third-order valence-electron chi connectivity index (χ3n) is 5.85. The van der Waals surface area contributed by atoms with Crippen molar-refractivity contribution in [2.24, 2.45) is 0 Å². The van der Waals surface area contributed by atoms with Gasteiger partial charge in [-0.3, -0.25) is 9.69 Å². The van der Waals surface area contributed by atoms with Crippen LogP contribution in [0.15, 0.2) is 54.6 Å². The maximum absolute atomic E-state index is 12.3. The summed E-state index contributed by atoms with van der Waals surface area (Å²) in [5, 5.41) is 33.6. The van der Waals surface area contributed by atoms with E-state index in [2.05, 4.69) is 24.4 Å². The zero-order valence-corrected chi connectivity index (χ0v) is 17.4. The van der Waals surface area contributed by atoms with Crippen molar-refractivity contribution in [2.45, 2.75) is 57.0 Å². The fourth-order valence-electron chi connectivity index (χ4n) is 4.09. The second kappa shape index (κ2) is 10.7. The third kappa shape index (κ3) is 5.26. The SMILES string of the molecule is CCCCNC(=O)C[C@@H]1[C@H](O)[C@H](O)[C@@H](CO)N1Cc1ccc(-c2ccccc2)cc1. The van der Waals surface area contributed by atoms with Crippen molar-refractivity contribution in [3.63, 3.8) is 0 Å². The molecule has 0 unspecified atom stereocenters. The molecular formula is C24H32N2O4. The monoisotopic (exact) mass is 412 g/mol. The average Bonchev–Trinajstić information content (AvgIpc) is 2.99. The number of aliphatic hydroxyl groups excluding tert-OH is 3. The van der Waals surface area contributed by atoms with Crippen LogP contribution in [0.3, 0.4) is 0 Å². The number of rotatable bonds is 9. The highest BCUT2D eigenvalue weighted by Crippen LogP contribution is 2.30. The molecule has 1 saturated heterocycles. The number of benzene rings is 2. The second-order valence-corrected chi connectivity index (χ2v) is 7.94. The van der Waals surface area contributed by atoms with Crippen molar-refractivity contribution < 1.29 is 20.1 Å². The van der Waals surface area contributed by atoms with Gasteiger partial charge in [-0.15, -0.1) is 0 Å². The molecule has 30 heavy (non-hydrogen) atoms. The lowest BCUT2D eigenvalue weighted by atomic mass is 10.0. The van der Waals surface area contributed by atoms with Crippen molar-refractivity contribution in [1.82, 2.24) is 10.2 Å². The Labute approximate surface area is 178 Å². The van der Waals surface area contributed by atoms with Crippen molar-refractivity contribution in [2.75, 3.05) is 13.2 Å². The third-order valence-corrected chi connectivity index (χ3v) is 5.85. The number of carbonyl (C=O) groups is 1. The van der Waals surface area contributed by atoms with E-state index in [0.29, 0.717) is 13.1 Å². The number of carbonyl (C=O) groups excluding carboxylic acids is 1. The molecule has 3 rings (SSSR count). The number of unbranched alkanes of at least 4 members (excludes halogenated alkanes) is 1. The van der Waals surface area contributed by atoms with Gasteiger partial charge in [-0.25, -0.2) is 0 Å². The number of likely N-dealkylation sites (tertiary alicyclic amines) is 1. The van der Waals surface area contributed by atoms with Gasteiger partial charge in [0.25, 0.3) is 0 Å². The molecule has 1 amide bonds. The molecule has 6 nitrogen and oxygen atoms in total. The summed E-state index contributed by atoms with van der Waals surface area (Å²) < 4.78 is 0. The Kier molecular flexibility index (Phi) is 7.99. The minimum Gasteiger partial charge on any atom is -0.395 e. The Morgan fingerprint density at radius 1 is 0.967 bits per heavy atom. The molecule has 0 spiro atoms. The zero-order chi connectivity index (χ0) is 21.5. The van der Waals surface area contributed by atoms with E-state index < -0.39 is 24.3 Å². The Hall–Kier alpha value is -2.25. The Balaban J connectivity index is 1.72. The molecule has 2 aromatic rings. The highest BCUT2D eigenvalue weighted by molar-refractivity contribution is 5.76.